The number of hydrogen-bond donors (Lipinski definition) is 0. The third kappa shape index (κ3) is 5.14. The molecule has 0 saturated heterocycles. The van der Waals surface area contributed by atoms with Gasteiger partial charge < -0.3 is 18.9 Å². The van der Waals surface area contributed by atoms with E-state index >= 15 is 0 Å². The van der Waals surface area contributed by atoms with E-state index in [4.69, 9.17) is 9.47 Å². The van der Waals surface area contributed by atoms with Crippen LogP contribution in [-0.4, -0.2) is 38.7 Å². The zero-order chi connectivity index (χ0) is 24.2. The number of fused-ring (bicyclic) bond motifs is 3. The molecule has 0 unspecified atom stereocenters. The van der Waals surface area contributed by atoms with E-state index in [0.717, 1.165) is 36.3 Å². The number of carbonyl (C=O) groups is 1. The summed E-state index contributed by atoms with van der Waals surface area (Å²) in [5, 5.41) is 1.20. The van der Waals surface area contributed by atoms with Gasteiger partial charge in [0.1, 0.15) is 6.61 Å². The molecule has 0 aliphatic carbocycles. The Kier molecular flexibility index (Phi) is 6.66. The lowest BCUT2D eigenvalue weighted by Crippen LogP contribution is -2.36. The maximum atomic E-state index is 12.8. The molecule has 1 aliphatic heterocycles. The van der Waals surface area contributed by atoms with E-state index in [9.17, 15) is 4.79 Å². The van der Waals surface area contributed by atoms with Crippen LogP contribution in [0.2, 0.25) is 0 Å². The maximum Gasteiger partial charge on any atom is 0.410 e. The van der Waals surface area contributed by atoms with Gasteiger partial charge in [0, 0.05) is 53.1 Å². The van der Waals surface area contributed by atoms with Crippen molar-refractivity contribution in [2.75, 3.05) is 13.2 Å². The summed E-state index contributed by atoms with van der Waals surface area (Å²) in [4.78, 5) is 23.3. The molecule has 3 heterocycles. The molecule has 0 spiro atoms. The van der Waals surface area contributed by atoms with E-state index in [1.54, 1.807) is 0 Å². The van der Waals surface area contributed by atoms with Gasteiger partial charge in [-0.25, -0.2) is 14.8 Å². The summed E-state index contributed by atoms with van der Waals surface area (Å²) in [7, 11) is 0. The fourth-order valence-electron chi connectivity index (χ4n) is 4.77. The van der Waals surface area contributed by atoms with Crippen LogP contribution < -0.4 is 4.74 Å². The van der Waals surface area contributed by atoms with Crippen LogP contribution in [0.15, 0.2) is 60.7 Å². The second-order valence-electron chi connectivity index (χ2n) is 8.94. The first-order valence-corrected chi connectivity index (χ1v) is 12.1. The van der Waals surface area contributed by atoms with Gasteiger partial charge in [-0.15, -0.1) is 0 Å². The first-order chi connectivity index (χ1) is 17.1. The van der Waals surface area contributed by atoms with Crippen LogP contribution >= 0.6 is 0 Å². The Balaban J connectivity index is 1.26. The Labute approximate surface area is 205 Å². The van der Waals surface area contributed by atoms with Crippen molar-refractivity contribution in [3.05, 3.63) is 88.9 Å². The molecule has 1 aliphatic rings. The van der Waals surface area contributed by atoms with Gasteiger partial charge in [-0.3, -0.25) is 0 Å². The van der Waals surface area contributed by atoms with Gasteiger partial charge >= 0.3 is 12.1 Å². The molecule has 7 nitrogen and oxygen atoms in total. The van der Waals surface area contributed by atoms with E-state index in [-0.39, 0.29) is 12.7 Å². The number of hydrogen-bond acceptors (Lipinski definition) is 5. The van der Waals surface area contributed by atoms with Crippen molar-refractivity contribution in [3.63, 3.8) is 0 Å². The van der Waals surface area contributed by atoms with Gasteiger partial charge in [0.05, 0.1) is 13.2 Å². The molecule has 0 atom stereocenters. The predicted octanol–water partition coefficient (Wildman–Crippen LogP) is 5.21. The fourth-order valence-corrected chi connectivity index (χ4v) is 4.77. The van der Waals surface area contributed by atoms with Gasteiger partial charge in [-0.05, 0) is 38.0 Å². The van der Waals surface area contributed by atoms with Crippen molar-refractivity contribution in [2.24, 2.45) is 0 Å². The zero-order valence-electron chi connectivity index (χ0n) is 20.2. The van der Waals surface area contributed by atoms with E-state index in [1.165, 1.54) is 22.2 Å². The molecule has 2 aromatic heterocycles. The standard InChI is InChI=1S/C28H30N4O3/c1-20-17-21(2)30-27(29-20)34-16-8-14-32-25-12-7-6-11-23(25)24-18-31(15-13-26(24)32)28(33)35-19-22-9-4-3-5-10-22/h3-7,9-12,17H,8,13-16,18-19H2,1-2H3. The fraction of sp³-hybridized carbons (Fsp3) is 0.321. The molecular formula is C28H30N4O3. The Morgan fingerprint density at radius 3 is 2.54 bits per heavy atom. The first kappa shape index (κ1) is 22.9. The molecule has 0 radical (unpaired) electrons. The summed E-state index contributed by atoms with van der Waals surface area (Å²) in [6, 6.07) is 20.6. The topological polar surface area (TPSA) is 69.5 Å². The number of aryl methyl sites for hydroxylation is 3. The predicted molar refractivity (Wildman–Crippen MR) is 134 cm³/mol. The molecule has 0 saturated carbocycles. The van der Waals surface area contributed by atoms with Gasteiger partial charge in [0.2, 0.25) is 0 Å². The average molecular weight is 471 g/mol. The third-order valence-electron chi connectivity index (χ3n) is 6.34. The Morgan fingerprint density at radius 2 is 1.74 bits per heavy atom. The highest BCUT2D eigenvalue weighted by Gasteiger charge is 2.27. The highest BCUT2D eigenvalue weighted by atomic mass is 16.6. The number of nitrogens with zero attached hydrogens (tertiary/aromatic N) is 4. The number of para-hydroxylation sites is 1. The molecule has 1 amide bonds. The van der Waals surface area contributed by atoms with E-state index in [1.807, 2.05) is 55.1 Å². The number of benzene rings is 2. The van der Waals surface area contributed by atoms with Crippen LogP contribution in [0.5, 0.6) is 6.01 Å². The van der Waals surface area contributed by atoms with E-state index in [0.29, 0.717) is 25.7 Å². The molecule has 5 rings (SSSR count). The molecule has 0 fully saturated rings. The highest BCUT2D eigenvalue weighted by molar-refractivity contribution is 5.86. The normalized spacial score (nSPS) is 13.0. The lowest BCUT2D eigenvalue weighted by atomic mass is 10.0. The summed E-state index contributed by atoms with van der Waals surface area (Å²) in [6.07, 6.45) is 1.37. The Bertz CT molecular complexity index is 1310. The molecule has 180 valence electrons. The molecule has 0 N–H and O–H groups in total. The highest BCUT2D eigenvalue weighted by Crippen LogP contribution is 2.31. The van der Waals surface area contributed by atoms with E-state index < -0.39 is 0 Å². The largest absolute Gasteiger partial charge is 0.463 e. The maximum absolute atomic E-state index is 12.8. The second-order valence-corrected chi connectivity index (χ2v) is 8.94. The van der Waals surface area contributed by atoms with Crippen molar-refractivity contribution >= 4 is 17.0 Å². The summed E-state index contributed by atoms with van der Waals surface area (Å²) in [5.74, 6) is 0. The number of amides is 1. The minimum absolute atomic E-state index is 0.266. The average Bonchev–Trinajstić information content (AvgIpc) is 3.18. The zero-order valence-corrected chi connectivity index (χ0v) is 20.2. The van der Waals surface area contributed by atoms with Crippen LogP contribution in [0.3, 0.4) is 0 Å². The molecule has 0 bridgehead atoms. The summed E-state index contributed by atoms with van der Waals surface area (Å²) < 4.78 is 13.8. The smallest absolute Gasteiger partial charge is 0.410 e. The Morgan fingerprint density at radius 1 is 1.00 bits per heavy atom. The molecule has 2 aromatic carbocycles. The summed E-state index contributed by atoms with van der Waals surface area (Å²) >= 11 is 0. The molecular weight excluding hydrogens is 440 g/mol. The lowest BCUT2D eigenvalue weighted by molar-refractivity contribution is 0.0917. The number of rotatable bonds is 7. The number of carbonyl (C=O) groups excluding carboxylic acids is 1. The van der Waals surface area contributed by atoms with Gasteiger partial charge in [0.25, 0.3) is 0 Å². The molecule has 35 heavy (non-hydrogen) atoms. The molecule has 7 heteroatoms. The SMILES string of the molecule is Cc1cc(C)nc(OCCCn2c3c(c4ccccc42)CN(C(=O)OCc2ccccc2)CC3)n1. The van der Waals surface area contributed by atoms with E-state index in [2.05, 4.69) is 38.8 Å². The minimum atomic E-state index is -0.266. The summed E-state index contributed by atoms with van der Waals surface area (Å²) in [5.41, 5.74) is 6.50. The van der Waals surface area contributed by atoms with Crippen LogP contribution in [0.1, 0.15) is 34.6 Å². The van der Waals surface area contributed by atoms with Crippen LogP contribution in [-0.2, 0) is 30.9 Å². The minimum Gasteiger partial charge on any atom is -0.463 e. The summed E-state index contributed by atoms with van der Waals surface area (Å²) in [6.45, 7) is 6.75. The number of aromatic nitrogens is 3. The second kappa shape index (κ2) is 10.2. The third-order valence-corrected chi connectivity index (χ3v) is 6.34. The van der Waals surface area contributed by atoms with Crippen LogP contribution in [0.4, 0.5) is 4.79 Å². The van der Waals surface area contributed by atoms with Crippen molar-refractivity contribution in [2.45, 2.75) is 46.4 Å². The van der Waals surface area contributed by atoms with Gasteiger partial charge in [0.15, 0.2) is 0 Å². The van der Waals surface area contributed by atoms with Gasteiger partial charge in [-0.1, -0.05) is 48.5 Å². The van der Waals surface area contributed by atoms with Crippen LogP contribution in [0.25, 0.3) is 10.9 Å². The Hall–Kier alpha value is -3.87. The van der Waals surface area contributed by atoms with Crippen molar-refractivity contribution < 1.29 is 14.3 Å². The van der Waals surface area contributed by atoms with Crippen molar-refractivity contribution in [1.29, 1.82) is 0 Å². The lowest BCUT2D eigenvalue weighted by Gasteiger charge is -2.27. The number of ether oxygens (including phenoxy) is 2. The van der Waals surface area contributed by atoms with Crippen molar-refractivity contribution in [3.8, 4) is 6.01 Å². The quantitative estimate of drug-likeness (QED) is 0.347. The van der Waals surface area contributed by atoms with Crippen LogP contribution in [0, 0.1) is 13.8 Å². The van der Waals surface area contributed by atoms with Gasteiger partial charge in [-0.2, -0.15) is 0 Å². The molecule has 4 aromatic rings. The van der Waals surface area contributed by atoms with Crippen molar-refractivity contribution in [1.82, 2.24) is 19.4 Å². The first-order valence-electron chi connectivity index (χ1n) is 12.1. The monoisotopic (exact) mass is 470 g/mol.